The van der Waals surface area contributed by atoms with Gasteiger partial charge in [0.25, 0.3) is 0 Å². The number of hydrogen-bond donors (Lipinski definition) is 1. The van der Waals surface area contributed by atoms with Crippen molar-refractivity contribution < 1.29 is 14.3 Å². The van der Waals surface area contributed by atoms with Gasteiger partial charge in [-0.2, -0.15) is 0 Å². The Morgan fingerprint density at radius 3 is 2.61 bits per heavy atom. The van der Waals surface area contributed by atoms with Crippen LogP contribution in [0.3, 0.4) is 0 Å². The third-order valence-electron chi connectivity index (χ3n) is 2.33. The third-order valence-corrected chi connectivity index (χ3v) is 2.33. The number of esters is 1. The van der Waals surface area contributed by atoms with E-state index in [-0.39, 0.29) is 18.4 Å². The van der Waals surface area contributed by atoms with Gasteiger partial charge in [0.05, 0.1) is 13.5 Å². The fourth-order valence-corrected chi connectivity index (χ4v) is 1.55. The maximum Gasteiger partial charge on any atom is 0.308 e. The Labute approximate surface area is 108 Å². The van der Waals surface area contributed by atoms with E-state index in [1.54, 1.807) is 7.11 Å². The van der Waals surface area contributed by atoms with Crippen LogP contribution in [0.1, 0.15) is 38.8 Å². The van der Waals surface area contributed by atoms with E-state index in [0.717, 1.165) is 11.3 Å². The monoisotopic (exact) mass is 251 g/mol. The lowest BCUT2D eigenvalue weighted by Gasteiger charge is -2.21. The van der Waals surface area contributed by atoms with Gasteiger partial charge < -0.3 is 15.2 Å². The van der Waals surface area contributed by atoms with Crippen LogP contribution in [0.25, 0.3) is 0 Å². The Hall–Kier alpha value is -1.55. The van der Waals surface area contributed by atoms with Gasteiger partial charge in [-0.05, 0) is 38.5 Å². The van der Waals surface area contributed by atoms with E-state index in [1.807, 2.05) is 45.0 Å². The Morgan fingerprint density at radius 1 is 1.39 bits per heavy atom. The molecule has 0 saturated heterocycles. The molecule has 2 N–H and O–H groups in total. The van der Waals surface area contributed by atoms with Gasteiger partial charge in [0.2, 0.25) is 0 Å². The minimum atomic E-state index is -0.481. The lowest BCUT2D eigenvalue weighted by Crippen LogP contribution is -2.26. The summed E-state index contributed by atoms with van der Waals surface area (Å²) in [5.41, 5.74) is 6.36. The topological polar surface area (TPSA) is 61.5 Å². The molecule has 0 aromatic heterocycles. The molecule has 100 valence electrons. The Morgan fingerprint density at radius 2 is 2.06 bits per heavy atom. The van der Waals surface area contributed by atoms with Gasteiger partial charge >= 0.3 is 5.97 Å². The second-order valence-electron chi connectivity index (χ2n) is 5.17. The lowest BCUT2D eigenvalue weighted by molar-refractivity contribution is -0.155. The number of carbonyl (C=O) groups excluding carboxylic acids is 1. The highest BCUT2D eigenvalue weighted by Gasteiger charge is 2.19. The Kier molecular flexibility index (Phi) is 4.73. The molecule has 0 aliphatic carbocycles. The average Bonchev–Trinajstić information content (AvgIpc) is 2.26. The number of methoxy groups -OCH3 is 1. The molecule has 1 aromatic carbocycles. The highest BCUT2D eigenvalue weighted by Crippen LogP contribution is 2.21. The normalized spacial score (nSPS) is 12.9. The number of ether oxygens (including phenoxy) is 2. The summed E-state index contributed by atoms with van der Waals surface area (Å²) in [4.78, 5) is 11.7. The Balaban J connectivity index is 2.64. The highest BCUT2D eigenvalue weighted by atomic mass is 16.6. The standard InChI is InChI=1S/C14H21NO3/c1-14(2,3)18-13(16)9-12(15)10-6-5-7-11(8-10)17-4/h5-8,12H,9,15H2,1-4H3/t12-/m0/s1. The van der Waals surface area contributed by atoms with Gasteiger partial charge in [-0.15, -0.1) is 0 Å². The van der Waals surface area contributed by atoms with Crippen LogP contribution in [0.5, 0.6) is 5.75 Å². The maximum absolute atomic E-state index is 11.7. The maximum atomic E-state index is 11.7. The molecule has 0 saturated carbocycles. The molecule has 0 heterocycles. The van der Waals surface area contributed by atoms with E-state index in [0.29, 0.717) is 0 Å². The van der Waals surface area contributed by atoms with Crippen LogP contribution in [-0.2, 0) is 9.53 Å². The van der Waals surface area contributed by atoms with Crippen LogP contribution < -0.4 is 10.5 Å². The van der Waals surface area contributed by atoms with Gasteiger partial charge in [0.1, 0.15) is 11.4 Å². The molecule has 0 aliphatic rings. The summed E-state index contributed by atoms with van der Waals surface area (Å²) in [5.74, 6) is 0.435. The van der Waals surface area contributed by atoms with E-state index in [9.17, 15) is 4.79 Å². The van der Waals surface area contributed by atoms with Crippen LogP contribution in [0.2, 0.25) is 0 Å². The van der Waals surface area contributed by atoms with E-state index < -0.39 is 5.60 Å². The van der Waals surface area contributed by atoms with Crippen molar-refractivity contribution in [2.75, 3.05) is 7.11 Å². The van der Waals surface area contributed by atoms with Gasteiger partial charge in [-0.3, -0.25) is 4.79 Å². The first-order valence-electron chi connectivity index (χ1n) is 5.93. The van der Waals surface area contributed by atoms with Crippen molar-refractivity contribution in [2.24, 2.45) is 5.73 Å². The van der Waals surface area contributed by atoms with Crippen molar-refractivity contribution in [3.05, 3.63) is 29.8 Å². The van der Waals surface area contributed by atoms with Crippen molar-refractivity contribution in [1.82, 2.24) is 0 Å². The number of benzene rings is 1. The fraction of sp³-hybridized carbons (Fsp3) is 0.500. The zero-order valence-corrected chi connectivity index (χ0v) is 11.4. The molecule has 0 fully saturated rings. The number of carbonyl (C=O) groups is 1. The molecule has 0 bridgehead atoms. The van der Waals surface area contributed by atoms with E-state index in [4.69, 9.17) is 15.2 Å². The predicted octanol–water partition coefficient (Wildman–Crippen LogP) is 2.43. The quantitative estimate of drug-likeness (QED) is 0.835. The summed E-state index contributed by atoms with van der Waals surface area (Å²) >= 11 is 0. The number of hydrogen-bond acceptors (Lipinski definition) is 4. The summed E-state index contributed by atoms with van der Waals surface area (Å²) in [6.45, 7) is 5.51. The Bertz CT molecular complexity index is 410. The molecule has 1 atom stereocenters. The van der Waals surface area contributed by atoms with Crippen LogP contribution in [0.15, 0.2) is 24.3 Å². The zero-order valence-electron chi connectivity index (χ0n) is 11.4. The van der Waals surface area contributed by atoms with E-state index >= 15 is 0 Å². The van der Waals surface area contributed by atoms with Gasteiger partial charge in [0, 0.05) is 6.04 Å². The summed E-state index contributed by atoms with van der Waals surface area (Å²) < 4.78 is 10.4. The first-order valence-corrected chi connectivity index (χ1v) is 5.93. The third kappa shape index (κ3) is 4.75. The first-order chi connectivity index (χ1) is 8.31. The fourth-order valence-electron chi connectivity index (χ4n) is 1.55. The molecular formula is C14H21NO3. The summed E-state index contributed by atoms with van der Waals surface area (Å²) in [6, 6.07) is 7.01. The van der Waals surface area contributed by atoms with Crippen molar-refractivity contribution in [3.63, 3.8) is 0 Å². The van der Waals surface area contributed by atoms with Crippen LogP contribution in [0, 0.1) is 0 Å². The SMILES string of the molecule is COc1cccc([C@@H](N)CC(=O)OC(C)(C)C)c1. The average molecular weight is 251 g/mol. The molecule has 1 rings (SSSR count). The number of rotatable bonds is 4. The molecule has 18 heavy (non-hydrogen) atoms. The van der Waals surface area contributed by atoms with Crippen molar-refractivity contribution in [1.29, 1.82) is 0 Å². The lowest BCUT2D eigenvalue weighted by atomic mass is 10.0. The van der Waals surface area contributed by atoms with Crippen LogP contribution in [0.4, 0.5) is 0 Å². The number of nitrogens with two attached hydrogens (primary N) is 1. The van der Waals surface area contributed by atoms with Gasteiger partial charge in [-0.1, -0.05) is 12.1 Å². The first kappa shape index (κ1) is 14.5. The predicted molar refractivity (Wildman–Crippen MR) is 70.4 cm³/mol. The summed E-state index contributed by atoms with van der Waals surface area (Å²) in [5, 5.41) is 0. The molecular weight excluding hydrogens is 230 g/mol. The van der Waals surface area contributed by atoms with Crippen molar-refractivity contribution >= 4 is 5.97 Å². The largest absolute Gasteiger partial charge is 0.497 e. The van der Waals surface area contributed by atoms with Crippen molar-refractivity contribution in [2.45, 2.75) is 38.8 Å². The van der Waals surface area contributed by atoms with Crippen molar-refractivity contribution in [3.8, 4) is 5.75 Å². The highest BCUT2D eigenvalue weighted by molar-refractivity contribution is 5.71. The second kappa shape index (κ2) is 5.87. The molecule has 0 amide bonds. The van der Waals surface area contributed by atoms with Crippen LogP contribution in [-0.4, -0.2) is 18.7 Å². The molecule has 0 radical (unpaired) electrons. The molecule has 0 spiro atoms. The van der Waals surface area contributed by atoms with Gasteiger partial charge in [0.15, 0.2) is 0 Å². The molecule has 0 unspecified atom stereocenters. The smallest absolute Gasteiger partial charge is 0.308 e. The van der Waals surface area contributed by atoms with Gasteiger partial charge in [-0.25, -0.2) is 0 Å². The van der Waals surface area contributed by atoms with Crippen LogP contribution >= 0.6 is 0 Å². The molecule has 1 aromatic rings. The minimum absolute atomic E-state index is 0.157. The minimum Gasteiger partial charge on any atom is -0.497 e. The van der Waals surface area contributed by atoms with E-state index in [1.165, 1.54) is 0 Å². The zero-order chi connectivity index (χ0) is 13.8. The molecule has 4 nitrogen and oxygen atoms in total. The second-order valence-corrected chi connectivity index (χ2v) is 5.17. The molecule has 4 heteroatoms. The van der Waals surface area contributed by atoms with E-state index in [2.05, 4.69) is 0 Å². The summed E-state index contributed by atoms with van der Waals surface area (Å²) in [7, 11) is 1.60. The molecule has 0 aliphatic heterocycles. The summed E-state index contributed by atoms with van der Waals surface area (Å²) in [6.07, 6.45) is 0.157.